The van der Waals surface area contributed by atoms with Gasteiger partial charge in [0.1, 0.15) is 6.61 Å². The average molecular weight is 463 g/mol. The highest BCUT2D eigenvalue weighted by Gasteiger charge is 2.37. The molecule has 174 valence electrons. The van der Waals surface area contributed by atoms with Gasteiger partial charge in [0.2, 0.25) is 5.88 Å². The highest BCUT2D eigenvalue weighted by atomic mass is 19.4. The van der Waals surface area contributed by atoms with E-state index >= 15 is 0 Å². The molecule has 1 aliphatic rings. The van der Waals surface area contributed by atoms with Crippen molar-refractivity contribution in [3.05, 3.63) is 53.2 Å². The Bertz CT molecular complexity index is 893. The van der Waals surface area contributed by atoms with Gasteiger partial charge < -0.3 is 14.8 Å². The number of pyridine rings is 1. The summed E-state index contributed by atoms with van der Waals surface area (Å²) in [6.07, 6.45) is -8.89. The first-order chi connectivity index (χ1) is 15.0. The van der Waals surface area contributed by atoms with Crippen LogP contribution in [0.2, 0.25) is 0 Å². The molecule has 1 aliphatic heterocycles. The molecule has 0 spiro atoms. The summed E-state index contributed by atoms with van der Waals surface area (Å²) in [5, 5.41) is 2.24. The number of morpholine rings is 1. The predicted molar refractivity (Wildman–Crippen MR) is 101 cm³/mol. The number of halogens is 6. The Kier molecular flexibility index (Phi) is 7.24. The lowest BCUT2D eigenvalue weighted by Gasteiger charge is -2.26. The summed E-state index contributed by atoms with van der Waals surface area (Å²) in [6.45, 7) is 3.94. The Hall–Kier alpha value is -2.86. The van der Waals surface area contributed by atoms with E-state index in [1.165, 1.54) is 18.3 Å². The third-order valence-corrected chi connectivity index (χ3v) is 4.61. The van der Waals surface area contributed by atoms with Gasteiger partial charge >= 0.3 is 12.4 Å². The van der Waals surface area contributed by atoms with E-state index in [2.05, 4.69) is 15.2 Å². The highest BCUT2D eigenvalue weighted by Crippen LogP contribution is 2.36. The molecule has 0 bridgehead atoms. The molecule has 1 aromatic heterocycles. The van der Waals surface area contributed by atoms with Crippen molar-refractivity contribution in [1.82, 2.24) is 9.88 Å². The van der Waals surface area contributed by atoms with Gasteiger partial charge in [-0.3, -0.25) is 9.69 Å². The minimum atomic E-state index is -5.04. The number of alkyl halides is 6. The number of benzene rings is 1. The van der Waals surface area contributed by atoms with Gasteiger partial charge in [0.15, 0.2) is 0 Å². The Labute approximate surface area is 179 Å². The Morgan fingerprint density at radius 2 is 1.66 bits per heavy atom. The quantitative estimate of drug-likeness (QED) is 0.655. The first-order valence-electron chi connectivity index (χ1n) is 9.52. The average Bonchev–Trinajstić information content (AvgIpc) is 2.74. The number of ether oxygens (including phenoxy) is 2. The van der Waals surface area contributed by atoms with Gasteiger partial charge in [-0.15, -0.1) is 0 Å². The third kappa shape index (κ3) is 6.57. The summed E-state index contributed by atoms with van der Waals surface area (Å²) < 4.78 is 88.5. The number of rotatable bonds is 6. The number of hydrogen-bond donors (Lipinski definition) is 1. The zero-order chi connectivity index (χ0) is 23.4. The van der Waals surface area contributed by atoms with E-state index in [0.717, 1.165) is 13.1 Å². The van der Waals surface area contributed by atoms with Crippen molar-refractivity contribution in [3.8, 4) is 5.88 Å². The number of amides is 1. The van der Waals surface area contributed by atoms with Crippen LogP contribution in [0, 0.1) is 0 Å². The van der Waals surface area contributed by atoms with Crippen molar-refractivity contribution in [2.75, 3.05) is 44.8 Å². The smallest absolute Gasteiger partial charge is 0.416 e. The number of aromatic nitrogens is 1. The molecular weight excluding hydrogens is 444 g/mol. The Morgan fingerprint density at radius 1 is 1.03 bits per heavy atom. The van der Waals surface area contributed by atoms with Crippen LogP contribution in [0.15, 0.2) is 36.5 Å². The molecule has 1 N–H and O–H groups in total. The van der Waals surface area contributed by atoms with Gasteiger partial charge in [0.25, 0.3) is 5.91 Å². The lowest BCUT2D eigenvalue weighted by atomic mass is 10.0. The van der Waals surface area contributed by atoms with Crippen LogP contribution < -0.4 is 10.1 Å². The predicted octanol–water partition coefficient (Wildman–Crippen LogP) is 4.08. The third-order valence-electron chi connectivity index (χ3n) is 4.61. The summed E-state index contributed by atoms with van der Waals surface area (Å²) in [7, 11) is 0. The molecule has 0 radical (unpaired) electrons. The largest absolute Gasteiger partial charge is 0.476 e. The Morgan fingerprint density at radius 3 is 2.19 bits per heavy atom. The van der Waals surface area contributed by atoms with Gasteiger partial charge in [-0.1, -0.05) is 0 Å². The van der Waals surface area contributed by atoms with E-state index in [1.807, 2.05) is 0 Å². The van der Waals surface area contributed by atoms with Crippen LogP contribution in [0.4, 0.5) is 32.0 Å². The molecule has 0 saturated carbocycles. The molecule has 0 unspecified atom stereocenters. The second kappa shape index (κ2) is 9.74. The van der Waals surface area contributed by atoms with Gasteiger partial charge in [0.05, 0.1) is 36.2 Å². The molecule has 1 saturated heterocycles. The van der Waals surface area contributed by atoms with Crippen molar-refractivity contribution in [3.63, 3.8) is 0 Å². The van der Waals surface area contributed by atoms with Gasteiger partial charge in [-0.05, 0) is 24.3 Å². The zero-order valence-corrected chi connectivity index (χ0v) is 16.6. The SMILES string of the molecule is O=C(Nc1ccc(OCCN2CCOCC2)nc1)c1cc(C(F)(F)F)cc(C(F)(F)F)c1. The minimum absolute atomic E-state index is 0.0403. The number of carbonyl (C=O) groups is 1. The van der Waals surface area contributed by atoms with Gasteiger partial charge in [-0.2, -0.15) is 26.3 Å². The van der Waals surface area contributed by atoms with E-state index in [0.29, 0.717) is 38.5 Å². The monoisotopic (exact) mass is 463 g/mol. The summed E-state index contributed by atoms with van der Waals surface area (Å²) in [4.78, 5) is 18.4. The minimum Gasteiger partial charge on any atom is -0.476 e. The molecule has 1 amide bonds. The number of carbonyl (C=O) groups excluding carboxylic acids is 1. The first-order valence-corrected chi connectivity index (χ1v) is 9.52. The zero-order valence-electron chi connectivity index (χ0n) is 16.6. The molecule has 3 rings (SSSR count). The second-order valence-electron chi connectivity index (χ2n) is 6.94. The second-order valence-corrected chi connectivity index (χ2v) is 6.94. The lowest BCUT2D eigenvalue weighted by molar-refractivity contribution is -0.143. The maximum atomic E-state index is 13.0. The highest BCUT2D eigenvalue weighted by molar-refractivity contribution is 6.04. The molecule has 1 fully saturated rings. The fourth-order valence-electron chi connectivity index (χ4n) is 2.93. The topological polar surface area (TPSA) is 63.7 Å². The van der Waals surface area contributed by atoms with Crippen LogP contribution in [-0.4, -0.2) is 55.2 Å². The van der Waals surface area contributed by atoms with Crippen molar-refractivity contribution < 1.29 is 40.6 Å². The lowest BCUT2D eigenvalue weighted by Crippen LogP contribution is -2.38. The molecule has 2 heterocycles. The van der Waals surface area contributed by atoms with Crippen LogP contribution in [-0.2, 0) is 17.1 Å². The number of nitrogens with zero attached hydrogens (tertiary/aromatic N) is 2. The van der Waals surface area contributed by atoms with Crippen molar-refractivity contribution in [2.45, 2.75) is 12.4 Å². The normalized spacial score (nSPS) is 15.4. The standard InChI is InChI=1S/C20H19F6N3O3/c21-19(22,23)14-9-13(10-15(11-14)20(24,25)26)18(30)28-16-1-2-17(27-12-16)32-8-5-29-3-6-31-7-4-29/h1-2,9-12H,3-8H2,(H,28,30). The van der Waals surface area contributed by atoms with E-state index < -0.39 is 35.0 Å². The fraction of sp³-hybridized carbons (Fsp3) is 0.400. The molecule has 0 aliphatic carbocycles. The summed E-state index contributed by atoms with van der Waals surface area (Å²) in [6, 6.07) is 3.50. The van der Waals surface area contributed by atoms with E-state index in [9.17, 15) is 31.1 Å². The van der Waals surface area contributed by atoms with Crippen LogP contribution in [0.1, 0.15) is 21.5 Å². The summed E-state index contributed by atoms with van der Waals surface area (Å²) in [5.74, 6) is -0.876. The maximum absolute atomic E-state index is 13.0. The van der Waals surface area contributed by atoms with Gasteiger partial charge in [0, 0.05) is 31.3 Å². The molecule has 1 aromatic carbocycles. The van der Waals surface area contributed by atoms with Gasteiger partial charge in [-0.25, -0.2) is 4.98 Å². The summed E-state index contributed by atoms with van der Waals surface area (Å²) in [5.41, 5.74) is -3.83. The van der Waals surface area contributed by atoms with Crippen LogP contribution in [0.3, 0.4) is 0 Å². The van der Waals surface area contributed by atoms with Crippen LogP contribution in [0.25, 0.3) is 0 Å². The van der Waals surface area contributed by atoms with Crippen molar-refractivity contribution in [1.29, 1.82) is 0 Å². The van der Waals surface area contributed by atoms with E-state index in [4.69, 9.17) is 9.47 Å². The number of anilines is 1. The number of hydrogen-bond acceptors (Lipinski definition) is 5. The molecule has 6 nitrogen and oxygen atoms in total. The van der Waals surface area contributed by atoms with Crippen molar-refractivity contribution in [2.24, 2.45) is 0 Å². The molecule has 2 aromatic rings. The van der Waals surface area contributed by atoms with Crippen LogP contribution in [0.5, 0.6) is 5.88 Å². The first kappa shape index (κ1) is 23.8. The van der Waals surface area contributed by atoms with Crippen LogP contribution >= 0.6 is 0 Å². The molecule has 32 heavy (non-hydrogen) atoms. The Balaban J connectivity index is 1.63. The molecule has 12 heteroatoms. The maximum Gasteiger partial charge on any atom is 0.416 e. The molecular formula is C20H19F6N3O3. The van der Waals surface area contributed by atoms with E-state index in [-0.39, 0.29) is 17.6 Å². The van der Waals surface area contributed by atoms with Crippen molar-refractivity contribution >= 4 is 11.6 Å². The molecule has 0 atom stereocenters. The fourth-order valence-corrected chi connectivity index (χ4v) is 2.93. The number of nitrogens with one attached hydrogen (secondary N) is 1. The summed E-state index contributed by atoms with van der Waals surface area (Å²) >= 11 is 0. The van der Waals surface area contributed by atoms with E-state index in [1.54, 1.807) is 0 Å².